The second-order valence-electron chi connectivity index (χ2n) is 5.45. The molecule has 0 aromatic heterocycles. The molecule has 1 aliphatic rings. The van der Waals surface area contributed by atoms with Crippen LogP contribution in [0, 0.1) is 5.41 Å². The molecule has 0 saturated carbocycles. The van der Waals surface area contributed by atoms with Crippen LogP contribution in [0.2, 0.25) is 0 Å². The minimum absolute atomic E-state index is 0.101. The van der Waals surface area contributed by atoms with Crippen LogP contribution in [-0.4, -0.2) is 50.6 Å². The van der Waals surface area contributed by atoms with Gasteiger partial charge in [0.05, 0.1) is 5.41 Å². The van der Waals surface area contributed by atoms with Crippen molar-refractivity contribution in [2.45, 2.75) is 32.7 Å². The van der Waals surface area contributed by atoms with E-state index in [1.807, 2.05) is 13.8 Å². The standard InChI is InChI=1S/C12H25N3O/c1-12(2,11(16)13-3)9-14-10-6-5-7-15(4)8-10/h10,14H,5-9H2,1-4H3,(H,13,16). The number of rotatable bonds is 4. The lowest BCUT2D eigenvalue weighted by molar-refractivity contribution is -0.128. The second-order valence-corrected chi connectivity index (χ2v) is 5.45. The van der Waals surface area contributed by atoms with Crippen LogP contribution in [0.15, 0.2) is 0 Å². The van der Waals surface area contributed by atoms with Crippen LogP contribution in [-0.2, 0) is 4.79 Å². The summed E-state index contributed by atoms with van der Waals surface area (Å²) < 4.78 is 0. The highest BCUT2D eigenvalue weighted by Crippen LogP contribution is 2.15. The van der Waals surface area contributed by atoms with E-state index in [1.54, 1.807) is 7.05 Å². The van der Waals surface area contributed by atoms with Crippen molar-refractivity contribution in [3.05, 3.63) is 0 Å². The van der Waals surface area contributed by atoms with Crippen LogP contribution >= 0.6 is 0 Å². The van der Waals surface area contributed by atoms with E-state index in [0.717, 1.165) is 13.1 Å². The number of amides is 1. The highest BCUT2D eigenvalue weighted by Gasteiger charge is 2.28. The quantitative estimate of drug-likeness (QED) is 0.732. The summed E-state index contributed by atoms with van der Waals surface area (Å²) in [6, 6.07) is 0.530. The fraction of sp³-hybridized carbons (Fsp3) is 0.917. The van der Waals surface area contributed by atoms with Crippen molar-refractivity contribution in [2.75, 3.05) is 33.7 Å². The van der Waals surface area contributed by atoms with Crippen LogP contribution in [0.1, 0.15) is 26.7 Å². The molecule has 1 heterocycles. The summed E-state index contributed by atoms with van der Waals surface area (Å²) in [4.78, 5) is 14.0. The number of likely N-dealkylation sites (tertiary alicyclic amines) is 1. The molecule has 4 nitrogen and oxygen atoms in total. The van der Waals surface area contributed by atoms with Crippen LogP contribution < -0.4 is 10.6 Å². The Balaban J connectivity index is 2.35. The molecule has 94 valence electrons. The molecule has 1 fully saturated rings. The molecular weight excluding hydrogens is 202 g/mol. The first-order valence-corrected chi connectivity index (χ1v) is 6.10. The summed E-state index contributed by atoms with van der Waals surface area (Å²) in [6.45, 7) is 6.97. The predicted molar refractivity (Wildman–Crippen MR) is 66.4 cm³/mol. The maximum atomic E-state index is 11.6. The van der Waals surface area contributed by atoms with Crippen LogP contribution in [0.3, 0.4) is 0 Å². The Morgan fingerprint density at radius 2 is 2.19 bits per heavy atom. The number of likely N-dealkylation sites (N-methyl/N-ethyl adjacent to an activating group) is 1. The highest BCUT2D eigenvalue weighted by atomic mass is 16.2. The van der Waals surface area contributed by atoms with Crippen molar-refractivity contribution in [3.63, 3.8) is 0 Å². The summed E-state index contributed by atoms with van der Waals surface area (Å²) in [5.74, 6) is 0.101. The van der Waals surface area contributed by atoms with Gasteiger partial charge in [-0.25, -0.2) is 0 Å². The summed E-state index contributed by atoms with van der Waals surface area (Å²) in [7, 11) is 3.84. The smallest absolute Gasteiger partial charge is 0.226 e. The first-order valence-electron chi connectivity index (χ1n) is 6.10. The molecule has 0 bridgehead atoms. The average Bonchev–Trinajstić information content (AvgIpc) is 2.25. The summed E-state index contributed by atoms with van der Waals surface area (Å²) in [5.41, 5.74) is -0.329. The number of nitrogens with zero attached hydrogens (tertiary/aromatic N) is 1. The van der Waals surface area contributed by atoms with Gasteiger partial charge >= 0.3 is 0 Å². The Kier molecular flexibility index (Phi) is 4.74. The molecular formula is C12H25N3O. The van der Waals surface area contributed by atoms with Crippen LogP contribution in [0.4, 0.5) is 0 Å². The van der Waals surface area contributed by atoms with Crippen molar-refractivity contribution in [1.29, 1.82) is 0 Å². The van der Waals surface area contributed by atoms with Crippen LogP contribution in [0.5, 0.6) is 0 Å². The third-order valence-corrected chi connectivity index (χ3v) is 3.30. The number of carbonyl (C=O) groups excluding carboxylic acids is 1. The fourth-order valence-electron chi connectivity index (χ4n) is 2.15. The van der Waals surface area contributed by atoms with E-state index in [2.05, 4.69) is 22.6 Å². The van der Waals surface area contributed by atoms with Crippen molar-refractivity contribution >= 4 is 5.91 Å². The molecule has 16 heavy (non-hydrogen) atoms. The number of hydrogen-bond donors (Lipinski definition) is 2. The van der Waals surface area contributed by atoms with Crippen LogP contribution in [0.25, 0.3) is 0 Å². The van der Waals surface area contributed by atoms with Gasteiger partial charge in [0.1, 0.15) is 0 Å². The third kappa shape index (κ3) is 3.76. The SMILES string of the molecule is CNC(=O)C(C)(C)CNC1CCCN(C)C1. The lowest BCUT2D eigenvalue weighted by Gasteiger charge is -2.33. The van der Waals surface area contributed by atoms with E-state index in [1.165, 1.54) is 19.4 Å². The van der Waals surface area contributed by atoms with Gasteiger partial charge in [0.15, 0.2) is 0 Å². The molecule has 0 spiro atoms. The Bertz CT molecular complexity index is 240. The zero-order valence-electron chi connectivity index (χ0n) is 11.0. The fourth-order valence-corrected chi connectivity index (χ4v) is 2.15. The van der Waals surface area contributed by atoms with Crippen molar-refractivity contribution < 1.29 is 4.79 Å². The number of piperidine rings is 1. The lowest BCUT2D eigenvalue weighted by Crippen LogP contribution is -2.49. The van der Waals surface area contributed by atoms with Gasteiger partial charge in [0.25, 0.3) is 0 Å². The Hall–Kier alpha value is -0.610. The third-order valence-electron chi connectivity index (χ3n) is 3.30. The van der Waals surface area contributed by atoms with Crippen molar-refractivity contribution in [2.24, 2.45) is 5.41 Å². The molecule has 4 heteroatoms. The van der Waals surface area contributed by atoms with E-state index in [-0.39, 0.29) is 11.3 Å². The van der Waals surface area contributed by atoms with Gasteiger partial charge in [-0.15, -0.1) is 0 Å². The Morgan fingerprint density at radius 3 is 2.75 bits per heavy atom. The van der Waals surface area contributed by atoms with Gasteiger partial charge in [-0.3, -0.25) is 4.79 Å². The van der Waals surface area contributed by atoms with Gasteiger partial charge in [-0.1, -0.05) is 0 Å². The zero-order chi connectivity index (χ0) is 12.2. The first-order chi connectivity index (χ1) is 7.45. The normalized spacial score (nSPS) is 23.1. The molecule has 1 saturated heterocycles. The molecule has 0 radical (unpaired) electrons. The molecule has 1 aliphatic heterocycles. The molecule has 2 N–H and O–H groups in total. The average molecular weight is 227 g/mol. The molecule has 0 aromatic carbocycles. The first kappa shape index (κ1) is 13.5. The summed E-state index contributed by atoms with van der Waals surface area (Å²) >= 11 is 0. The predicted octanol–water partition coefficient (Wildman–Crippen LogP) is 0.442. The lowest BCUT2D eigenvalue weighted by atomic mass is 9.91. The molecule has 1 rings (SSSR count). The molecule has 1 atom stereocenters. The van der Waals surface area contributed by atoms with E-state index in [4.69, 9.17) is 0 Å². The summed E-state index contributed by atoms with van der Waals surface area (Å²) in [5, 5.41) is 6.22. The van der Waals surface area contributed by atoms with Crippen molar-refractivity contribution in [3.8, 4) is 0 Å². The van der Waals surface area contributed by atoms with E-state index < -0.39 is 0 Å². The minimum atomic E-state index is -0.329. The van der Waals surface area contributed by atoms with E-state index in [0.29, 0.717) is 6.04 Å². The minimum Gasteiger partial charge on any atom is -0.359 e. The molecule has 0 aromatic rings. The van der Waals surface area contributed by atoms with Gasteiger partial charge in [0.2, 0.25) is 5.91 Å². The summed E-state index contributed by atoms with van der Waals surface area (Å²) in [6.07, 6.45) is 2.46. The van der Waals surface area contributed by atoms with Gasteiger partial charge in [-0.2, -0.15) is 0 Å². The monoisotopic (exact) mass is 227 g/mol. The largest absolute Gasteiger partial charge is 0.359 e. The number of hydrogen-bond acceptors (Lipinski definition) is 3. The van der Waals surface area contributed by atoms with Crippen molar-refractivity contribution in [1.82, 2.24) is 15.5 Å². The topological polar surface area (TPSA) is 44.4 Å². The second kappa shape index (κ2) is 5.64. The molecule has 0 aliphatic carbocycles. The molecule has 1 unspecified atom stereocenters. The maximum absolute atomic E-state index is 11.6. The number of carbonyl (C=O) groups is 1. The van der Waals surface area contributed by atoms with E-state index >= 15 is 0 Å². The maximum Gasteiger partial charge on any atom is 0.226 e. The van der Waals surface area contributed by atoms with E-state index in [9.17, 15) is 4.79 Å². The Labute approximate surface area is 98.8 Å². The van der Waals surface area contributed by atoms with Gasteiger partial charge < -0.3 is 15.5 Å². The van der Waals surface area contributed by atoms with Gasteiger partial charge in [-0.05, 0) is 40.3 Å². The highest BCUT2D eigenvalue weighted by molar-refractivity contribution is 5.81. The number of nitrogens with one attached hydrogen (secondary N) is 2. The zero-order valence-corrected chi connectivity index (χ0v) is 11.0. The Morgan fingerprint density at radius 1 is 1.50 bits per heavy atom. The molecule has 1 amide bonds. The van der Waals surface area contributed by atoms with Gasteiger partial charge in [0, 0.05) is 26.2 Å².